The van der Waals surface area contributed by atoms with Crippen molar-refractivity contribution in [2.24, 2.45) is 10.9 Å². The zero-order chi connectivity index (χ0) is 31.8. The van der Waals surface area contributed by atoms with E-state index in [0.29, 0.717) is 40.2 Å². The molecule has 4 unspecified atom stereocenters. The summed E-state index contributed by atoms with van der Waals surface area (Å²) in [5.74, 6) is 1.65. The number of amidine groups is 1. The number of hydrogen-bond donors (Lipinski definition) is 1. The smallest absolute Gasteiger partial charge is 0.124 e. The first-order valence-corrected chi connectivity index (χ1v) is 18.1. The van der Waals surface area contributed by atoms with Gasteiger partial charge in [-0.3, -0.25) is 14.9 Å². The van der Waals surface area contributed by atoms with Crippen LogP contribution in [0, 0.1) is 17.1 Å². The van der Waals surface area contributed by atoms with E-state index in [1.54, 1.807) is 30.0 Å². The molecule has 46 heavy (non-hydrogen) atoms. The number of thioether (sulfide) groups is 1. The summed E-state index contributed by atoms with van der Waals surface area (Å²) in [6.45, 7) is 3.53. The van der Waals surface area contributed by atoms with Crippen LogP contribution in [0.1, 0.15) is 81.5 Å². The Kier molecular flexibility index (Phi) is 9.49. The van der Waals surface area contributed by atoms with Crippen LogP contribution in [0.15, 0.2) is 82.5 Å². The van der Waals surface area contributed by atoms with E-state index in [9.17, 15) is 14.2 Å². The summed E-state index contributed by atoms with van der Waals surface area (Å²) in [5.41, 5.74) is 4.19. The van der Waals surface area contributed by atoms with Gasteiger partial charge < -0.3 is 10.3 Å². The predicted molar refractivity (Wildman–Crippen MR) is 185 cm³/mol. The van der Waals surface area contributed by atoms with E-state index in [0.717, 1.165) is 55.9 Å². The Morgan fingerprint density at radius 1 is 1.20 bits per heavy atom. The molecule has 242 valence electrons. The minimum atomic E-state index is -0.980. The first-order valence-electron chi connectivity index (χ1n) is 16.8. The fourth-order valence-corrected chi connectivity index (χ4v) is 9.41. The van der Waals surface area contributed by atoms with E-state index in [1.807, 2.05) is 12.3 Å². The second kappa shape index (κ2) is 13.7. The van der Waals surface area contributed by atoms with Crippen molar-refractivity contribution in [1.29, 1.82) is 5.41 Å². The fraction of sp³-hybridized carbons (Fsp3) is 0.486. The molecular formula is C37H42ClF2N5S. The molecule has 0 spiro atoms. The summed E-state index contributed by atoms with van der Waals surface area (Å²) in [6, 6.07) is 11.6. The molecule has 5 aliphatic heterocycles. The Morgan fingerprint density at radius 2 is 2.04 bits per heavy atom. The van der Waals surface area contributed by atoms with Gasteiger partial charge in [-0.2, -0.15) is 0 Å². The van der Waals surface area contributed by atoms with Crippen LogP contribution in [0.3, 0.4) is 0 Å². The highest BCUT2D eigenvalue weighted by Crippen LogP contribution is 2.47. The number of allylic oxidation sites excluding steroid dienone is 4. The molecule has 8 rings (SSSR count). The number of aliphatic imine (C=N–C) groups is 1. The highest BCUT2D eigenvalue weighted by Gasteiger charge is 2.46. The first-order chi connectivity index (χ1) is 22.4. The highest BCUT2D eigenvalue weighted by molar-refractivity contribution is 8.03. The summed E-state index contributed by atoms with van der Waals surface area (Å²) in [5, 5.41) is 11.8. The molecule has 1 aromatic carbocycles. The molecule has 2 bridgehead atoms. The molecule has 6 heterocycles. The van der Waals surface area contributed by atoms with E-state index in [2.05, 4.69) is 38.4 Å². The number of nitrogens with zero attached hydrogens (tertiary/aromatic N) is 4. The number of benzene rings is 1. The second-order valence-electron chi connectivity index (χ2n) is 13.5. The quantitative estimate of drug-likeness (QED) is 0.244. The van der Waals surface area contributed by atoms with Crippen LogP contribution in [0.4, 0.5) is 8.78 Å². The van der Waals surface area contributed by atoms with E-state index in [1.165, 1.54) is 44.0 Å². The van der Waals surface area contributed by atoms with Crippen molar-refractivity contribution in [3.05, 3.63) is 99.6 Å². The van der Waals surface area contributed by atoms with Crippen molar-refractivity contribution in [2.75, 3.05) is 13.1 Å². The average molecular weight is 662 g/mol. The summed E-state index contributed by atoms with van der Waals surface area (Å²) in [4.78, 5) is 15.0. The van der Waals surface area contributed by atoms with Gasteiger partial charge in [-0.1, -0.05) is 35.9 Å². The fourth-order valence-electron chi connectivity index (χ4n) is 8.19. The Hall–Kier alpha value is -2.81. The minimum absolute atomic E-state index is 0.196. The molecule has 9 heteroatoms. The highest BCUT2D eigenvalue weighted by atomic mass is 35.5. The summed E-state index contributed by atoms with van der Waals surface area (Å²) < 4.78 is 27.8. The SMILES string of the molecule is CC(F)C/C=C\C(=N)C1=C2C[C@H](CCCN3C4CC(c5ccccn5)CC3C4)CN2C(C2CC=CS2)=N[C@H]1c1ccc(F)cc1Cl. The zero-order valence-electron chi connectivity index (χ0n) is 26.3. The number of pyridine rings is 1. The lowest BCUT2D eigenvalue weighted by atomic mass is 9.72. The number of halogens is 3. The lowest BCUT2D eigenvalue weighted by molar-refractivity contribution is -0.0384. The molecule has 1 N–H and O–H groups in total. The number of alkyl halides is 1. The van der Waals surface area contributed by atoms with Crippen molar-refractivity contribution < 1.29 is 8.78 Å². The Labute approximate surface area is 280 Å². The van der Waals surface area contributed by atoms with Crippen molar-refractivity contribution in [2.45, 2.75) is 93.8 Å². The summed E-state index contributed by atoms with van der Waals surface area (Å²) in [7, 11) is 0. The Balaban J connectivity index is 1.10. The number of aromatic nitrogens is 1. The molecule has 3 saturated heterocycles. The molecule has 6 aliphatic rings. The molecule has 1 aliphatic carbocycles. The third-order valence-corrected chi connectivity index (χ3v) is 11.8. The van der Waals surface area contributed by atoms with Gasteiger partial charge >= 0.3 is 0 Å². The second-order valence-corrected chi connectivity index (χ2v) is 15.0. The van der Waals surface area contributed by atoms with Gasteiger partial charge in [0.2, 0.25) is 0 Å². The van der Waals surface area contributed by atoms with E-state index < -0.39 is 18.0 Å². The third kappa shape index (κ3) is 6.50. The number of rotatable bonds is 11. The molecule has 4 fully saturated rings. The maximum absolute atomic E-state index is 14.1. The van der Waals surface area contributed by atoms with Gasteiger partial charge in [-0.05, 0) is 107 Å². The minimum Gasteiger partial charge on any atom is -0.332 e. The molecule has 2 aromatic rings. The van der Waals surface area contributed by atoms with Gasteiger partial charge in [0, 0.05) is 58.3 Å². The van der Waals surface area contributed by atoms with Gasteiger partial charge in [0.15, 0.2) is 0 Å². The number of piperidine rings is 1. The van der Waals surface area contributed by atoms with Crippen LogP contribution >= 0.6 is 23.4 Å². The lowest BCUT2D eigenvalue weighted by Gasteiger charge is -2.55. The maximum atomic E-state index is 14.1. The molecule has 6 atom stereocenters. The monoisotopic (exact) mass is 661 g/mol. The third-order valence-electron chi connectivity index (χ3n) is 10.4. The first kappa shape index (κ1) is 31.8. The van der Waals surface area contributed by atoms with Crippen molar-refractivity contribution in [3.63, 3.8) is 0 Å². The van der Waals surface area contributed by atoms with Gasteiger partial charge in [0.05, 0.1) is 11.0 Å². The number of fused-ring (bicyclic) bond motifs is 3. The molecule has 0 amide bonds. The van der Waals surface area contributed by atoms with Crippen LogP contribution in [-0.2, 0) is 0 Å². The van der Waals surface area contributed by atoms with Crippen molar-refractivity contribution in [1.82, 2.24) is 14.8 Å². The molecule has 1 aromatic heterocycles. The number of nitrogens with one attached hydrogen (secondary N) is 1. The molecular weight excluding hydrogens is 620 g/mol. The zero-order valence-corrected chi connectivity index (χ0v) is 27.9. The van der Waals surface area contributed by atoms with Crippen LogP contribution < -0.4 is 0 Å². The maximum Gasteiger partial charge on any atom is 0.124 e. The molecule has 0 radical (unpaired) electrons. The average Bonchev–Trinajstić information content (AvgIpc) is 3.73. The van der Waals surface area contributed by atoms with E-state index in [-0.39, 0.29) is 11.7 Å². The largest absolute Gasteiger partial charge is 0.332 e. The van der Waals surface area contributed by atoms with Crippen LogP contribution in [0.5, 0.6) is 0 Å². The Bertz CT molecular complexity index is 1550. The van der Waals surface area contributed by atoms with Gasteiger partial charge in [-0.15, -0.1) is 11.8 Å². The van der Waals surface area contributed by atoms with Crippen molar-refractivity contribution in [3.8, 4) is 0 Å². The van der Waals surface area contributed by atoms with E-state index >= 15 is 0 Å². The van der Waals surface area contributed by atoms with Crippen LogP contribution in [0.25, 0.3) is 0 Å². The standard InChI is InChI=1S/C37H42ClF2N5S/c1-23(39)7-4-9-31(41)35-33-17-24(8-5-15-44-27-18-25(19-28(44)21-27)32-10-2-3-14-42-32)22-45(33)37(34-11-6-16-46-34)43-36(35)29-13-12-26(40)20-30(29)38/h2-4,6,9-10,12-14,16,20,23-25,27-28,34,36,41H,5,7-8,11,15,17-19,21-22H2,1H3/b9-4-,41-31?/t23?,24-,25?,27?,28?,34?,36-/m0/s1. The van der Waals surface area contributed by atoms with Crippen molar-refractivity contribution >= 4 is 34.9 Å². The van der Waals surface area contributed by atoms with E-state index in [4.69, 9.17) is 16.6 Å². The Morgan fingerprint density at radius 3 is 2.76 bits per heavy atom. The summed E-state index contributed by atoms with van der Waals surface area (Å²) in [6.07, 6.45) is 14.6. The normalized spacial score (nSPS) is 29.7. The predicted octanol–water partition coefficient (Wildman–Crippen LogP) is 9.05. The van der Waals surface area contributed by atoms with Crippen LogP contribution in [-0.4, -0.2) is 62.9 Å². The number of hydrogen-bond acceptors (Lipinski definition) is 6. The molecule has 1 saturated carbocycles. The van der Waals surface area contributed by atoms with Gasteiger partial charge in [-0.25, -0.2) is 8.78 Å². The molecule has 5 nitrogen and oxygen atoms in total. The topological polar surface area (TPSA) is 55.6 Å². The lowest BCUT2D eigenvalue weighted by Crippen LogP contribution is -2.60. The summed E-state index contributed by atoms with van der Waals surface area (Å²) >= 11 is 8.43. The van der Waals surface area contributed by atoms with Gasteiger partial charge in [0.1, 0.15) is 23.9 Å². The van der Waals surface area contributed by atoms with Crippen LogP contribution in [0.2, 0.25) is 5.02 Å². The van der Waals surface area contributed by atoms with Gasteiger partial charge in [0.25, 0.3) is 0 Å².